The molecule has 94 valence electrons. The van der Waals surface area contributed by atoms with Gasteiger partial charge in [-0.1, -0.05) is 59.9 Å². The van der Waals surface area contributed by atoms with Crippen molar-refractivity contribution in [3.05, 3.63) is 56.5 Å². The molecule has 0 aliphatic carbocycles. The average Bonchev–Trinajstić information content (AvgIpc) is 2.34. The minimum atomic E-state index is 0.823. The second-order valence-electron chi connectivity index (χ2n) is 3.90. The molecular weight excluding hydrogens is 424 g/mol. The molecule has 1 nitrogen and oxygen atoms in total. The molecule has 2 aromatic carbocycles. The summed E-state index contributed by atoms with van der Waals surface area (Å²) < 4.78 is 7.95. The minimum absolute atomic E-state index is 0.823. The van der Waals surface area contributed by atoms with Crippen LogP contribution in [0.2, 0.25) is 0 Å². The Morgan fingerprint density at radius 2 is 1.83 bits per heavy atom. The summed E-state index contributed by atoms with van der Waals surface area (Å²) in [4.78, 5) is 0. The zero-order valence-corrected chi connectivity index (χ0v) is 14.5. The molecular formula is C14H11Br3O. The third-order valence-electron chi connectivity index (χ3n) is 2.55. The fraction of sp³-hybridized carbons (Fsp3) is 0.143. The van der Waals surface area contributed by atoms with Gasteiger partial charge in [-0.2, -0.15) is 0 Å². The highest BCUT2D eigenvalue weighted by molar-refractivity contribution is 9.11. The lowest BCUT2D eigenvalue weighted by Gasteiger charge is -2.10. The maximum Gasteiger partial charge on any atom is 0.131 e. The standard InChI is InChI=1S/C14H11Br3O/c1-9-2-4-11(16)6-14(9)18-12-5-3-10(8-15)13(17)7-12/h2-7H,8H2,1H3. The van der Waals surface area contributed by atoms with E-state index in [4.69, 9.17) is 4.74 Å². The number of hydrogen-bond acceptors (Lipinski definition) is 1. The van der Waals surface area contributed by atoms with Gasteiger partial charge in [-0.15, -0.1) is 0 Å². The maximum absolute atomic E-state index is 5.89. The molecule has 0 radical (unpaired) electrons. The van der Waals surface area contributed by atoms with Gasteiger partial charge in [0.25, 0.3) is 0 Å². The largest absolute Gasteiger partial charge is 0.457 e. The Kier molecular flexibility index (Phi) is 4.87. The van der Waals surface area contributed by atoms with E-state index < -0.39 is 0 Å². The fourth-order valence-corrected chi connectivity index (χ4v) is 3.21. The quantitative estimate of drug-likeness (QED) is 0.522. The predicted molar refractivity (Wildman–Crippen MR) is 85.7 cm³/mol. The van der Waals surface area contributed by atoms with Crippen LogP contribution in [0.3, 0.4) is 0 Å². The van der Waals surface area contributed by atoms with Crippen molar-refractivity contribution in [3.63, 3.8) is 0 Å². The van der Waals surface area contributed by atoms with Gasteiger partial charge >= 0.3 is 0 Å². The van der Waals surface area contributed by atoms with Gasteiger partial charge in [0, 0.05) is 14.3 Å². The van der Waals surface area contributed by atoms with Crippen molar-refractivity contribution < 1.29 is 4.74 Å². The van der Waals surface area contributed by atoms with Gasteiger partial charge in [-0.3, -0.25) is 0 Å². The van der Waals surface area contributed by atoms with Crippen molar-refractivity contribution >= 4 is 47.8 Å². The highest BCUT2D eigenvalue weighted by Gasteiger charge is 2.05. The van der Waals surface area contributed by atoms with E-state index in [0.29, 0.717) is 0 Å². The molecule has 0 unspecified atom stereocenters. The van der Waals surface area contributed by atoms with E-state index in [2.05, 4.69) is 47.8 Å². The van der Waals surface area contributed by atoms with Gasteiger partial charge in [-0.05, 0) is 42.3 Å². The summed E-state index contributed by atoms with van der Waals surface area (Å²) >= 11 is 10.4. The van der Waals surface area contributed by atoms with Gasteiger partial charge < -0.3 is 4.74 Å². The molecule has 0 atom stereocenters. The van der Waals surface area contributed by atoms with Crippen LogP contribution in [0.4, 0.5) is 0 Å². The van der Waals surface area contributed by atoms with Crippen LogP contribution < -0.4 is 4.74 Å². The maximum atomic E-state index is 5.89. The Morgan fingerprint density at radius 1 is 1.06 bits per heavy atom. The number of aryl methyl sites for hydroxylation is 1. The second kappa shape index (κ2) is 6.22. The van der Waals surface area contributed by atoms with Crippen molar-refractivity contribution in [1.82, 2.24) is 0 Å². The molecule has 0 bridgehead atoms. The Balaban J connectivity index is 2.28. The van der Waals surface area contributed by atoms with Crippen molar-refractivity contribution in [2.24, 2.45) is 0 Å². The van der Waals surface area contributed by atoms with Crippen LogP contribution in [0.15, 0.2) is 45.3 Å². The van der Waals surface area contributed by atoms with E-state index in [0.717, 1.165) is 31.3 Å². The zero-order valence-electron chi connectivity index (χ0n) is 9.71. The predicted octanol–water partition coefficient (Wildman–Crippen LogP) is 6.21. The topological polar surface area (TPSA) is 9.23 Å². The van der Waals surface area contributed by atoms with Crippen LogP contribution >= 0.6 is 47.8 Å². The van der Waals surface area contributed by atoms with E-state index in [1.165, 1.54) is 5.56 Å². The Bertz CT molecular complexity index is 567. The molecule has 0 spiro atoms. The van der Waals surface area contributed by atoms with Crippen LogP contribution in [0.5, 0.6) is 11.5 Å². The third kappa shape index (κ3) is 3.37. The summed E-state index contributed by atoms with van der Waals surface area (Å²) in [7, 11) is 0. The van der Waals surface area contributed by atoms with E-state index >= 15 is 0 Å². The molecule has 2 rings (SSSR count). The lowest BCUT2D eigenvalue weighted by Crippen LogP contribution is -1.89. The summed E-state index contributed by atoms with van der Waals surface area (Å²) in [6.07, 6.45) is 0. The first-order valence-corrected chi connectivity index (χ1v) is 8.09. The number of rotatable bonds is 3. The first kappa shape index (κ1) is 14.1. The summed E-state index contributed by atoms with van der Waals surface area (Å²) in [6.45, 7) is 2.03. The number of alkyl halides is 1. The minimum Gasteiger partial charge on any atom is -0.457 e. The van der Waals surface area contributed by atoms with Gasteiger partial charge in [-0.25, -0.2) is 0 Å². The summed E-state index contributed by atoms with van der Waals surface area (Å²) in [5, 5.41) is 0.823. The normalized spacial score (nSPS) is 10.4. The number of ether oxygens (including phenoxy) is 1. The second-order valence-corrected chi connectivity index (χ2v) is 6.23. The zero-order chi connectivity index (χ0) is 13.1. The average molecular weight is 435 g/mol. The molecule has 0 N–H and O–H groups in total. The van der Waals surface area contributed by atoms with Gasteiger partial charge in [0.05, 0.1) is 0 Å². The van der Waals surface area contributed by atoms with Crippen molar-refractivity contribution in [2.45, 2.75) is 12.3 Å². The molecule has 18 heavy (non-hydrogen) atoms. The highest BCUT2D eigenvalue weighted by Crippen LogP contribution is 2.31. The monoisotopic (exact) mass is 432 g/mol. The molecule has 0 saturated heterocycles. The number of halogens is 3. The lowest BCUT2D eigenvalue weighted by atomic mass is 10.2. The SMILES string of the molecule is Cc1ccc(Br)cc1Oc1ccc(CBr)c(Br)c1. The summed E-state index contributed by atoms with van der Waals surface area (Å²) in [5.41, 5.74) is 2.31. The molecule has 0 fully saturated rings. The van der Waals surface area contributed by atoms with Crippen LogP contribution in [-0.4, -0.2) is 0 Å². The molecule has 0 aliphatic rings. The van der Waals surface area contributed by atoms with E-state index in [1.807, 2.05) is 43.3 Å². The van der Waals surface area contributed by atoms with E-state index in [1.54, 1.807) is 0 Å². The van der Waals surface area contributed by atoms with E-state index in [9.17, 15) is 0 Å². The van der Waals surface area contributed by atoms with Crippen LogP contribution in [0, 0.1) is 6.92 Å². The molecule has 0 aliphatic heterocycles. The van der Waals surface area contributed by atoms with E-state index in [-0.39, 0.29) is 0 Å². The first-order chi connectivity index (χ1) is 8.60. The van der Waals surface area contributed by atoms with Gasteiger partial charge in [0.1, 0.15) is 11.5 Å². The summed E-state index contributed by atoms with van der Waals surface area (Å²) in [6, 6.07) is 12.0. The van der Waals surface area contributed by atoms with Crippen molar-refractivity contribution in [2.75, 3.05) is 0 Å². The Labute approximate surface area is 132 Å². The Hall–Kier alpha value is -0.320. The lowest BCUT2D eigenvalue weighted by molar-refractivity contribution is 0.478. The Morgan fingerprint density at radius 3 is 2.50 bits per heavy atom. The van der Waals surface area contributed by atoms with Gasteiger partial charge in [0.2, 0.25) is 0 Å². The molecule has 0 heterocycles. The molecule has 0 saturated carbocycles. The third-order valence-corrected chi connectivity index (χ3v) is 4.38. The first-order valence-electron chi connectivity index (χ1n) is 5.38. The number of benzene rings is 2. The summed E-state index contributed by atoms with van der Waals surface area (Å²) in [5.74, 6) is 1.69. The van der Waals surface area contributed by atoms with Crippen LogP contribution in [-0.2, 0) is 5.33 Å². The highest BCUT2D eigenvalue weighted by atomic mass is 79.9. The molecule has 0 amide bonds. The number of hydrogen-bond donors (Lipinski definition) is 0. The molecule has 4 heteroatoms. The molecule has 0 aromatic heterocycles. The molecule has 2 aromatic rings. The van der Waals surface area contributed by atoms with Gasteiger partial charge in [0.15, 0.2) is 0 Å². The fourth-order valence-electron chi connectivity index (χ4n) is 1.51. The smallest absolute Gasteiger partial charge is 0.131 e. The van der Waals surface area contributed by atoms with Crippen LogP contribution in [0.1, 0.15) is 11.1 Å². The van der Waals surface area contributed by atoms with Crippen molar-refractivity contribution in [3.8, 4) is 11.5 Å². The van der Waals surface area contributed by atoms with Crippen molar-refractivity contribution in [1.29, 1.82) is 0 Å². The van der Waals surface area contributed by atoms with Crippen LogP contribution in [0.25, 0.3) is 0 Å².